The minimum atomic E-state index is -0.214. The van der Waals surface area contributed by atoms with Crippen LogP contribution in [-0.4, -0.2) is 21.8 Å². The van der Waals surface area contributed by atoms with Gasteiger partial charge in [0.05, 0.1) is 0 Å². The topological polar surface area (TPSA) is 46.9 Å². The third kappa shape index (κ3) is 2.43. The lowest BCUT2D eigenvalue weighted by atomic mass is 10.3. The molecule has 0 fully saturated rings. The Morgan fingerprint density at radius 3 is 2.69 bits per heavy atom. The van der Waals surface area contributed by atoms with Crippen molar-refractivity contribution in [2.75, 3.05) is 11.6 Å². The first-order chi connectivity index (χ1) is 7.79. The number of nitrogens with zero attached hydrogens (tertiary/aromatic N) is 2. The summed E-state index contributed by atoms with van der Waals surface area (Å²) in [5.74, 6) is 0. The van der Waals surface area contributed by atoms with Crippen LogP contribution in [0.1, 0.15) is 0 Å². The average molecular weight is 233 g/mol. The van der Waals surface area contributed by atoms with Gasteiger partial charge in [0.2, 0.25) is 0 Å². The summed E-state index contributed by atoms with van der Waals surface area (Å²) in [7, 11) is 0. The number of carbonyl (C=O) groups excluding carboxylic acids is 1. The van der Waals surface area contributed by atoms with Crippen LogP contribution in [0.2, 0.25) is 0 Å². The molecule has 0 spiro atoms. The molecule has 2 aromatic rings. The normalized spacial score (nSPS) is 10.1. The van der Waals surface area contributed by atoms with Crippen molar-refractivity contribution < 1.29 is 4.79 Å². The molecule has 4 nitrogen and oxygen atoms in total. The second-order valence-electron chi connectivity index (χ2n) is 3.13. The first kappa shape index (κ1) is 10.8. The summed E-state index contributed by atoms with van der Waals surface area (Å²) >= 11 is 1.67. The van der Waals surface area contributed by atoms with Crippen molar-refractivity contribution in [3.05, 3.63) is 43.0 Å². The Bertz CT molecular complexity index is 464. The molecule has 1 aromatic carbocycles. The molecule has 5 heteroatoms. The Morgan fingerprint density at radius 2 is 2.12 bits per heavy atom. The summed E-state index contributed by atoms with van der Waals surface area (Å²) < 4.78 is 1.39. The van der Waals surface area contributed by atoms with E-state index in [4.69, 9.17) is 0 Å². The number of anilines is 1. The van der Waals surface area contributed by atoms with Gasteiger partial charge in [-0.25, -0.2) is 9.78 Å². The van der Waals surface area contributed by atoms with Gasteiger partial charge in [-0.1, -0.05) is 0 Å². The molecule has 0 saturated heterocycles. The molecule has 0 atom stereocenters. The Hall–Kier alpha value is -1.75. The van der Waals surface area contributed by atoms with Gasteiger partial charge in [0.1, 0.15) is 6.33 Å². The van der Waals surface area contributed by atoms with Crippen LogP contribution in [0, 0.1) is 0 Å². The Kier molecular flexibility index (Phi) is 3.26. The fourth-order valence-electron chi connectivity index (χ4n) is 1.24. The van der Waals surface area contributed by atoms with Gasteiger partial charge in [-0.05, 0) is 30.5 Å². The van der Waals surface area contributed by atoms with Crippen molar-refractivity contribution in [2.24, 2.45) is 0 Å². The number of aromatic nitrogens is 2. The third-order valence-corrected chi connectivity index (χ3v) is 2.82. The van der Waals surface area contributed by atoms with E-state index in [0.717, 1.165) is 5.69 Å². The van der Waals surface area contributed by atoms with E-state index in [2.05, 4.69) is 10.3 Å². The summed E-state index contributed by atoms with van der Waals surface area (Å²) in [6.45, 7) is 0. The van der Waals surface area contributed by atoms with E-state index >= 15 is 0 Å². The molecule has 0 bridgehead atoms. The zero-order chi connectivity index (χ0) is 11.4. The first-order valence-electron chi connectivity index (χ1n) is 4.73. The SMILES string of the molecule is CSc1ccc(NC(=O)n2ccnc2)cc1. The molecule has 2 rings (SSSR count). The molecule has 0 aliphatic carbocycles. The maximum atomic E-state index is 11.6. The van der Waals surface area contributed by atoms with E-state index in [0.29, 0.717) is 0 Å². The lowest BCUT2D eigenvalue weighted by Crippen LogP contribution is -2.17. The van der Waals surface area contributed by atoms with Gasteiger partial charge in [0.15, 0.2) is 0 Å². The van der Waals surface area contributed by atoms with Crippen LogP contribution in [0.25, 0.3) is 0 Å². The second kappa shape index (κ2) is 4.85. The van der Waals surface area contributed by atoms with Crippen LogP contribution in [0.3, 0.4) is 0 Å². The van der Waals surface area contributed by atoms with Gasteiger partial charge in [0.25, 0.3) is 0 Å². The van der Waals surface area contributed by atoms with Crippen LogP contribution < -0.4 is 5.32 Å². The molecule has 0 radical (unpaired) electrons. The van der Waals surface area contributed by atoms with Gasteiger partial charge in [-0.15, -0.1) is 11.8 Å². The Morgan fingerprint density at radius 1 is 1.38 bits per heavy atom. The number of nitrogens with one attached hydrogen (secondary N) is 1. The average Bonchev–Trinajstić information content (AvgIpc) is 2.83. The zero-order valence-corrected chi connectivity index (χ0v) is 9.57. The molecule has 1 heterocycles. The number of benzene rings is 1. The predicted octanol–water partition coefficient (Wildman–Crippen LogP) is 2.69. The van der Waals surface area contributed by atoms with E-state index in [-0.39, 0.29) is 6.03 Å². The van der Waals surface area contributed by atoms with Crippen LogP contribution in [0.4, 0.5) is 10.5 Å². The molecule has 82 valence electrons. The van der Waals surface area contributed by atoms with Gasteiger partial charge in [-0.3, -0.25) is 4.57 Å². The van der Waals surface area contributed by atoms with E-state index in [1.807, 2.05) is 30.5 Å². The summed E-state index contributed by atoms with van der Waals surface area (Å²) in [5.41, 5.74) is 0.775. The smallest absolute Gasteiger partial charge is 0.307 e. The van der Waals surface area contributed by atoms with E-state index < -0.39 is 0 Å². The highest BCUT2D eigenvalue weighted by molar-refractivity contribution is 7.98. The molecule has 0 unspecified atom stereocenters. The maximum Gasteiger partial charge on any atom is 0.331 e. The summed E-state index contributed by atoms with van der Waals surface area (Å²) in [5, 5.41) is 2.77. The Balaban J connectivity index is 2.06. The quantitative estimate of drug-likeness (QED) is 0.811. The standard InChI is InChI=1S/C11H11N3OS/c1-16-10-4-2-9(3-5-10)13-11(15)14-7-6-12-8-14/h2-8H,1H3,(H,13,15). The molecule has 1 amide bonds. The van der Waals surface area contributed by atoms with Crippen molar-refractivity contribution in [3.63, 3.8) is 0 Å². The molecular formula is C11H11N3OS. The highest BCUT2D eigenvalue weighted by atomic mass is 32.2. The van der Waals surface area contributed by atoms with Crippen molar-refractivity contribution in [1.82, 2.24) is 9.55 Å². The molecule has 1 aromatic heterocycles. The number of imidazole rings is 1. The van der Waals surface area contributed by atoms with Crippen molar-refractivity contribution in [1.29, 1.82) is 0 Å². The second-order valence-corrected chi connectivity index (χ2v) is 4.01. The van der Waals surface area contributed by atoms with Crippen molar-refractivity contribution in [2.45, 2.75) is 4.90 Å². The van der Waals surface area contributed by atoms with Crippen LogP contribution in [0.5, 0.6) is 0 Å². The monoisotopic (exact) mass is 233 g/mol. The highest BCUT2D eigenvalue weighted by Gasteiger charge is 2.03. The van der Waals surface area contributed by atoms with Crippen LogP contribution in [0.15, 0.2) is 47.9 Å². The van der Waals surface area contributed by atoms with Crippen molar-refractivity contribution >= 4 is 23.5 Å². The first-order valence-corrected chi connectivity index (χ1v) is 5.95. The number of carbonyl (C=O) groups is 1. The number of rotatable bonds is 2. The summed E-state index contributed by atoms with van der Waals surface area (Å²) in [6.07, 6.45) is 6.65. The lowest BCUT2D eigenvalue weighted by molar-refractivity contribution is 0.253. The number of thioether (sulfide) groups is 1. The van der Waals surface area contributed by atoms with Crippen molar-refractivity contribution in [3.8, 4) is 0 Å². The van der Waals surface area contributed by atoms with Gasteiger partial charge < -0.3 is 5.32 Å². The van der Waals surface area contributed by atoms with E-state index in [1.54, 1.807) is 24.2 Å². The zero-order valence-electron chi connectivity index (χ0n) is 8.75. The molecule has 0 saturated carbocycles. The fourth-order valence-corrected chi connectivity index (χ4v) is 1.65. The van der Waals surface area contributed by atoms with Gasteiger partial charge in [-0.2, -0.15) is 0 Å². The summed E-state index contributed by atoms with van der Waals surface area (Å²) in [4.78, 5) is 16.6. The third-order valence-electron chi connectivity index (χ3n) is 2.08. The largest absolute Gasteiger partial charge is 0.331 e. The molecular weight excluding hydrogens is 222 g/mol. The summed E-state index contributed by atoms with van der Waals surface area (Å²) in [6, 6.07) is 7.47. The number of hydrogen-bond acceptors (Lipinski definition) is 3. The minimum Gasteiger partial charge on any atom is -0.307 e. The molecule has 0 aliphatic heterocycles. The molecule has 0 aliphatic rings. The fraction of sp³-hybridized carbons (Fsp3) is 0.0909. The molecule has 16 heavy (non-hydrogen) atoms. The lowest BCUT2D eigenvalue weighted by Gasteiger charge is -2.05. The van der Waals surface area contributed by atoms with E-state index in [1.165, 1.54) is 15.8 Å². The van der Waals surface area contributed by atoms with Crippen LogP contribution in [-0.2, 0) is 0 Å². The highest BCUT2D eigenvalue weighted by Crippen LogP contribution is 2.17. The van der Waals surface area contributed by atoms with E-state index in [9.17, 15) is 4.79 Å². The van der Waals surface area contributed by atoms with Gasteiger partial charge >= 0.3 is 6.03 Å². The molecule has 1 N–H and O–H groups in total. The Labute approximate surface area is 97.7 Å². The van der Waals surface area contributed by atoms with Gasteiger partial charge in [0, 0.05) is 23.0 Å². The predicted molar refractivity (Wildman–Crippen MR) is 64.9 cm³/mol. The maximum absolute atomic E-state index is 11.6. The number of hydrogen-bond donors (Lipinski definition) is 1. The van der Waals surface area contributed by atoms with Crippen LogP contribution >= 0.6 is 11.8 Å². The minimum absolute atomic E-state index is 0.214. The number of amides is 1.